The van der Waals surface area contributed by atoms with E-state index in [0.29, 0.717) is 12.1 Å². The molecule has 2 heterocycles. The fourth-order valence-electron chi connectivity index (χ4n) is 2.60. The van der Waals surface area contributed by atoms with Crippen molar-refractivity contribution in [2.24, 2.45) is 0 Å². The molecule has 1 aliphatic rings. The molecule has 0 fully saturated rings. The standard InChI is InChI=1S/C13H13N3O4S/c1-8-6-9-4-2-3-5-10(9)16(8)21(19,20)11-7-14-13(18)15-12(11)17/h2-5,7-8H,6H2,1H3,(H2,14,15,17,18)/t8-/m0/s1. The second-order valence-electron chi connectivity index (χ2n) is 4.92. The number of para-hydroxylation sites is 1. The monoisotopic (exact) mass is 307 g/mol. The largest absolute Gasteiger partial charge is 0.325 e. The molecule has 0 amide bonds. The zero-order valence-corrected chi connectivity index (χ0v) is 12.0. The van der Waals surface area contributed by atoms with Crippen molar-refractivity contribution in [3.63, 3.8) is 0 Å². The van der Waals surface area contributed by atoms with Crippen LogP contribution in [0.1, 0.15) is 12.5 Å². The van der Waals surface area contributed by atoms with Crippen molar-refractivity contribution in [1.82, 2.24) is 9.97 Å². The Morgan fingerprint density at radius 1 is 1.24 bits per heavy atom. The molecule has 0 bridgehead atoms. The molecule has 8 heteroatoms. The van der Waals surface area contributed by atoms with Crippen LogP contribution in [0.15, 0.2) is 44.9 Å². The van der Waals surface area contributed by atoms with Crippen molar-refractivity contribution in [3.05, 3.63) is 56.9 Å². The van der Waals surface area contributed by atoms with Crippen LogP contribution in [0, 0.1) is 0 Å². The first-order valence-electron chi connectivity index (χ1n) is 6.35. The lowest BCUT2D eigenvalue weighted by molar-refractivity contribution is 0.582. The van der Waals surface area contributed by atoms with Crippen molar-refractivity contribution in [1.29, 1.82) is 0 Å². The summed E-state index contributed by atoms with van der Waals surface area (Å²) < 4.78 is 26.7. The fraction of sp³-hybridized carbons (Fsp3) is 0.231. The molecule has 1 aromatic carbocycles. The summed E-state index contributed by atoms with van der Waals surface area (Å²) in [4.78, 5) is 26.5. The SMILES string of the molecule is C[C@H]1Cc2ccccc2N1S(=O)(=O)c1c[nH]c(=O)[nH]c1=O. The Kier molecular flexibility index (Phi) is 2.98. The molecule has 1 atom stereocenters. The van der Waals surface area contributed by atoms with Crippen LogP contribution in [-0.4, -0.2) is 24.4 Å². The summed E-state index contributed by atoms with van der Waals surface area (Å²) in [5.74, 6) is 0. The number of anilines is 1. The summed E-state index contributed by atoms with van der Waals surface area (Å²) in [5.41, 5.74) is -0.186. The van der Waals surface area contributed by atoms with Gasteiger partial charge in [0.15, 0.2) is 4.90 Å². The maximum atomic E-state index is 12.7. The van der Waals surface area contributed by atoms with E-state index in [4.69, 9.17) is 0 Å². The molecule has 0 unspecified atom stereocenters. The third kappa shape index (κ3) is 2.07. The van der Waals surface area contributed by atoms with E-state index in [-0.39, 0.29) is 6.04 Å². The van der Waals surface area contributed by atoms with E-state index in [1.807, 2.05) is 17.1 Å². The van der Waals surface area contributed by atoms with E-state index in [1.165, 1.54) is 4.31 Å². The number of aromatic amines is 2. The quantitative estimate of drug-likeness (QED) is 0.827. The van der Waals surface area contributed by atoms with E-state index in [2.05, 4.69) is 4.98 Å². The molecular formula is C13H13N3O4S. The normalized spacial score (nSPS) is 17.8. The van der Waals surface area contributed by atoms with Gasteiger partial charge >= 0.3 is 5.69 Å². The van der Waals surface area contributed by atoms with E-state index in [1.54, 1.807) is 19.1 Å². The van der Waals surface area contributed by atoms with Crippen molar-refractivity contribution < 1.29 is 8.42 Å². The van der Waals surface area contributed by atoms with Gasteiger partial charge in [-0.2, -0.15) is 0 Å². The molecule has 21 heavy (non-hydrogen) atoms. The molecule has 7 nitrogen and oxygen atoms in total. The number of nitrogens with zero attached hydrogens (tertiary/aromatic N) is 1. The van der Waals surface area contributed by atoms with Crippen molar-refractivity contribution in [2.75, 3.05) is 4.31 Å². The minimum absolute atomic E-state index is 0.293. The first kappa shape index (κ1) is 13.6. The highest BCUT2D eigenvalue weighted by Crippen LogP contribution is 2.35. The lowest BCUT2D eigenvalue weighted by Gasteiger charge is -2.23. The Morgan fingerprint density at radius 2 is 1.95 bits per heavy atom. The second-order valence-corrected chi connectivity index (χ2v) is 6.70. The van der Waals surface area contributed by atoms with Gasteiger partial charge < -0.3 is 4.98 Å². The average molecular weight is 307 g/mol. The van der Waals surface area contributed by atoms with Crippen LogP contribution >= 0.6 is 0 Å². The summed E-state index contributed by atoms with van der Waals surface area (Å²) in [7, 11) is -4.03. The maximum absolute atomic E-state index is 12.7. The first-order valence-corrected chi connectivity index (χ1v) is 7.79. The van der Waals surface area contributed by atoms with Gasteiger partial charge in [-0.25, -0.2) is 13.2 Å². The Morgan fingerprint density at radius 3 is 2.67 bits per heavy atom. The number of sulfonamides is 1. The number of aromatic nitrogens is 2. The molecule has 0 spiro atoms. The number of hydrogen-bond acceptors (Lipinski definition) is 4. The minimum Gasteiger partial charge on any atom is -0.313 e. The van der Waals surface area contributed by atoms with Crippen LogP contribution in [0.25, 0.3) is 0 Å². The summed E-state index contributed by atoms with van der Waals surface area (Å²) >= 11 is 0. The van der Waals surface area contributed by atoms with Gasteiger partial charge in [-0.05, 0) is 25.0 Å². The molecule has 2 aromatic rings. The fourth-order valence-corrected chi connectivity index (χ4v) is 4.29. The molecule has 0 aliphatic carbocycles. The maximum Gasteiger partial charge on any atom is 0.325 e. The number of fused-ring (bicyclic) bond motifs is 1. The van der Waals surface area contributed by atoms with Gasteiger partial charge in [0.1, 0.15) is 0 Å². The number of hydrogen-bond donors (Lipinski definition) is 2. The molecule has 0 radical (unpaired) electrons. The van der Waals surface area contributed by atoms with E-state index in [0.717, 1.165) is 11.8 Å². The average Bonchev–Trinajstić information content (AvgIpc) is 2.74. The number of benzene rings is 1. The molecule has 0 saturated carbocycles. The highest BCUT2D eigenvalue weighted by atomic mass is 32.2. The minimum atomic E-state index is -4.03. The number of rotatable bonds is 2. The molecule has 3 rings (SSSR count). The van der Waals surface area contributed by atoms with Gasteiger partial charge in [0, 0.05) is 12.2 Å². The topological polar surface area (TPSA) is 103 Å². The predicted octanol–water partition coefficient (Wildman–Crippen LogP) is 0.203. The lowest BCUT2D eigenvalue weighted by atomic mass is 10.1. The van der Waals surface area contributed by atoms with Gasteiger partial charge in [0.2, 0.25) is 0 Å². The molecule has 0 saturated heterocycles. The van der Waals surface area contributed by atoms with E-state index in [9.17, 15) is 18.0 Å². The van der Waals surface area contributed by atoms with Crippen LogP contribution < -0.4 is 15.6 Å². The third-order valence-electron chi connectivity index (χ3n) is 3.47. The van der Waals surface area contributed by atoms with Crippen molar-refractivity contribution >= 4 is 15.7 Å². The second kappa shape index (κ2) is 4.59. The summed E-state index contributed by atoms with van der Waals surface area (Å²) in [6.07, 6.45) is 1.51. The summed E-state index contributed by atoms with van der Waals surface area (Å²) in [5, 5.41) is 0. The summed E-state index contributed by atoms with van der Waals surface area (Å²) in [6, 6.07) is 6.86. The van der Waals surface area contributed by atoms with Gasteiger partial charge in [-0.15, -0.1) is 0 Å². The Labute approximate surface area is 120 Å². The van der Waals surface area contributed by atoms with Crippen LogP contribution in [0.5, 0.6) is 0 Å². The smallest absolute Gasteiger partial charge is 0.313 e. The zero-order valence-electron chi connectivity index (χ0n) is 11.2. The predicted molar refractivity (Wildman–Crippen MR) is 77.0 cm³/mol. The Hall–Kier alpha value is -2.35. The molecular weight excluding hydrogens is 294 g/mol. The number of H-pyrrole nitrogens is 2. The van der Waals surface area contributed by atoms with Crippen LogP contribution in [0.3, 0.4) is 0 Å². The van der Waals surface area contributed by atoms with Gasteiger partial charge in [-0.3, -0.25) is 14.1 Å². The Balaban J connectivity index is 2.19. The third-order valence-corrected chi connectivity index (χ3v) is 5.40. The summed E-state index contributed by atoms with van der Waals surface area (Å²) in [6.45, 7) is 1.78. The molecule has 1 aromatic heterocycles. The van der Waals surface area contributed by atoms with Gasteiger partial charge in [0.05, 0.1) is 5.69 Å². The van der Waals surface area contributed by atoms with Crippen LogP contribution in [-0.2, 0) is 16.4 Å². The van der Waals surface area contributed by atoms with Gasteiger partial charge in [-0.1, -0.05) is 18.2 Å². The highest BCUT2D eigenvalue weighted by molar-refractivity contribution is 7.92. The lowest BCUT2D eigenvalue weighted by Crippen LogP contribution is -2.39. The van der Waals surface area contributed by atoms with E-state index < -0.39 is 26.2 Å². The molecule has 1 aliphatic heterocycles. The van der Waals surface area contributed by atoms with E-state index >= 15 is 0 Å². The molecule has 2 N–H and O–H groups in total. The molecule has 110 valence electrons. The zero-order chi connectivity index (χ0) is 15.2. The van der Waals surface area contributed by atoms with Crippen LogP contribution in [0.4, 0.5) is 5.69 Å². The van der Waals surface area contributed by atoms with Crippen molar-refractivity contribution in [2.45, 2.75) is 24.3 Å². The Bertz CT molecular complexity index is 913. The van der Waals surface area contributed by atoms with Crippen LogP contribution in [0.2, 0.25) is 0 Å². The van der Waals surface area contributed by atoms with Gasteiger partial charge in [0.25, 0.3) is 15.6 Å². The highest BCUT2D eigenvalue weighted by Gasteiger charge is 2.37. The number of nitrogens with one attached hydrogen (secondary N) is 2. The first-order chi connectivity index (χ1) is 9.91. The van der Waals surface area contributed by atoms with Crippen molar-refractivity contribution in [3.8, 4) is 0 Å².